The van der Waals surface area contributed by atoms with E-state index in [-0.39, 0.29) is 11.5 Å². The van der Waals surface area contributed by atoms with Crippen LogP contribution in [0.5, 0.6) is 5.75 Å². The van der Waals surface area contributed by atoms with Gasteiger partial charge in [0.25, 0.3) is 0 Å². The van der Waals surface area contributed by atoms with E-state index in [9.17, 15) is 14.7 Å². The Morgan fingerprint density at radius 2 is 1.91 bits per heavy atom. The minimum atomic E-state index is -0.974. The maximum absolute atomic E-state index is 11.8. The number of fused-ring (bicyclic) bond motifs is 1. The van der Waals surface area contributed by atoms with Crippen molar-refractivity contribution in [2.75, 3.05) is 21.2 Å². The molecule has 0 aliphatic rings. The molecule has 0 spiro atoms. The molecule has 0 fully saturated rings. The second-order valence-corrected chi connectivity index (χ2v) is 8.03. The minimum Gasteiger partial charge on any atom is -0.496 e. The molecule has 3 rings (SSSR count). The Morgan fingerprint density at radius 3 is 2.56 bits per heavy atom. The Balaban J connectivity index is 1.97. The molecule has 2 aromatic carbocycles. The number of carbonyl (C=O) groups is 2. The Hall–Kier alpha value is -3.54. The fourth-order valence-electron chi connectivity index (χ4n) is 3.77. The molecule has 0 unspecified atom stereocenters. The SMILES string of the molecule is CCCn1cc(Cc2ccc(C(=O)O)cc2OC)c2cc(/C=C/CC(=O)N(C)C)ccc21. The van der Waals surface area contributed by atoms with Crippen molar-refractivity contribution in [1.82, 2.24) is 9.47 Å². The minimum absolute atomic E-state index is 0.0639. The number of methoxy groups -OCH3 is 1. The van der Waals surface area contributed by atoms with Crippen molar-refractivity contribution >= 4 is 28.9 Å². The lowest BCUT2D eigenvalue weighted by Crippen LogP contribution is -2.20. The standard InChI is InChI=1S/C26H30N2O4/c1-5-13-28-17-21(15-19-10-11-20(26(30)31)16-24(19)32-4)22-14-18(9-12-23(22)28)7-6-8-25(29)27(2)3/h6-7,9-12,14,16-17H,5,8,13,15H2,1-4H3,(H,30,31)/b7-6+. The van der Waals surface area contributed by atoms with Crippen molar-refractivity contribution in [3.63, 3.8) is 0 Å². The summed E-state index contributed by atoms with van der Waals surface area (Å²) in [6.07, 6.45) is 8.05. The molecule has 0 aliphatic carbocycles. The lowest BCUT2D eigenvalue weighted by Gasteiger charge is -2.09. The molecule has 1 N–H and O–H groups in total. The number of hydrogen-bond donors (Lipinski definition) is 1. The molecule has 0 saturated carbocycles. The molecule has 0 saturated heterocycles. The van der Waals surface area contributed by atoms with Crippen molar-refractivity contribution in [3.8, 4) is 5.75 Å². The topological polar surface area (TPSA) is 71.8 Å². The van der Waals surface area contributed by atoms with E-state index in [1.54, 1.807) is 38.2 Å². The number of benzene rings is 2. The van der Waals surface area contributed by atoms with Crippen LogP contribution in [0.25, 0.3) is 17.0 Å². The summed E-state index contributed by atoms with van der Waals surface area (Å²) in [4.78, 5) is 24.7. The zero-order valence-corrected chi connectivity index (χ0v) is 19.1. The number of carboxylic acids is 1. The van der Waals surface area contributed by atoms with E-state index in [0.29, 0.717) is 18.6 Å². The number of amides is 1. The van der Waals surface area contributed by atoms with Crippen LogP contribution in [0.3, 0.4) is 0 Å². The molecule has 0 aliphatic heterocycles. The number of aromatic carboxylic acids is 1. The number of rotatable bonds is 9. The van der Waals surface area contributed by atoms with Crippen LogP contribution in [0.2, 0.25) is 0 Å². The molecule has 6 heteroatoms. The van der Waals surface area contributed by atoms with Crippen molar-refractivity contribution in [3.05, 3.63) is 70.9 Å². The van der Waals surface area contributed by atoms with Gasteiger partial charge in [-0.15, -0.1) is 0 Å². The maximum Gasteiger partial charge on any atom is 0.335 e. The average molecular weight is 435 g/mol. The molecule has 1 amide bonds. The van der Waals surface area contributed by atoms with Crippen LogP contribution in [-0.2, 0) is 17.8 Å². The van der Waals surface area contributed by atoms with E-state index in [0.717, 1.165) is 40.6 Å². The van der Waals surface area contributed by atoms with Crippen LogP contribution in [-0.4, -0.2) is 47.7 Å². The van der Waals surface area contributed by atoms with E-state index in [4.69, 9.17) is 4.74 Å². The third kappa shape index (κ3) is 5.19. The Bertz CT molecular complexity index is 1160. The summed E-state index contributed by atoms with van der Waals surface area (Å²) in [5, 5.41) is 10.4. The second kappa shape index (κ2) is 10.2. The van der Waals surface area contributed by atoms with Crippen molar-refractivity contribution in [2.45, 2.75) is 32.7 Å². The Labute approximate surface area is 188 Å². The monoisotopic (exact) mass is 434 g/mol. The molecule has 32 heavy (non-hydrogen) atoms. The number of carboxylic acid groups (broad SMARTS) is 1. The molecule has 3 aromatic rings. The largest absolute Gasteiger partial charge is 0.496 e. The fraction of sp³-hybridized carbons (Fsp3) is 0.308. The summed E-state index contributed by atoms with van der Waals surface area (Å²) < 4.78 is 7.73. The second-order valence-electron chi connectivity index (χ2n) is 8.03. The van der Waals surface area contributed by atoms with Crippen LogP contribution in [0, 0.1) is 0 Å². The van der Waals surface area contributed by atoms with Gasteiger partial charge in [0.2, 0.25) is 5.91 Å². The summed E-state index contributed by atoms with van der Waals surface area (Å²) >= 11 is 0. The number of aromatic nitrogens is 1. The average Bonchev–Trinajstić information content (AvgIpc) is 3.10. The highest BCUT2D eigenvalue weighted by Crippen LogP contribution is 2.29. The maximum atomic E-state index is 11.8. The first kappa shape index (κ1) is 23.1. The molecular weight excluding hydrogens is 404 g/mol. The predicted molar refractivity (Wildman–Crippen MR) is 127 cm³/mol. The molecule has 1 aromatic heterocycles. The highest BCUT2D eigenvalue weighted by molar-refractivity contribution is 5.89. The Morgan fingerprint density at radius 1 is 1.12 bits per heavy atom. The summed E-state index contributed by atoms with van der Waals surface area (Å²) in [7, 11) is 5.06. The van der Waals surface area contributed by atoms with Gasteiger partial charge in [-0.05, 0) is 47.4 Å². The van der Waals surface area contributed by atoms with Gasteiger partial charge in [-0.1, -0.05) is 31.2 Å². The van der Waals surface area contributed by atoms with Gasteiger partial charge in [0.1, 0.15) is 5.75 Å². The van der Waals surface area contributed by atoms with Gasteiger partial charge in [-0.3, -0.25) is 4.79 Å². The first-order chi connectivity index (χ1) is 15.3. The molecule has 0 radical (unpaired) electrons. The lowest BCUT2D eigenvalue weighted by atomic mass is 10.0. The molecule has 1 heterocycles. The molecule has 0 atom stereocenters. The van der Waals surface area contributed by atoms with Crippen molar-refractivity contribution < 1.29 is 19.4 Å². The van der Waals surface area contributed by atoms with E-state index < -0.39 is 5.97 Å². The van der Waals surface area contributed by atoms with Gasteiger partial charge in [0.05, 0.1) is 12.7 Å². The van der Waals surface area contributed by atoms with Gasteiger partial charge < -0.3 is 19.3 Å². The van der Waals surface area contributed by atoms with Crippen LogP contribution < -0.4 is 4.74 Å². The van der Waals surface area contributed by atoms with Gasteiger partial charge in [-0.25, -0.2) is 4.79 Å². The molecular formula is C26H30N2O4. The number of hydrogen-bond acceptors (Lipinski definition) is 3. The van der Waals surface area contributed by atoms with Gasteiger partial charge in [0, 0.05) is 50.6 Å². The van der Waals surface area contributed by atoms with E-state index in [1.807, 2.05) is 18.2 Å². The van der Waals surface area contributed by atoms with Crippen LogP contribution in [0.1, 0.15) is 46.8 Å². The number of aryl methyl sites for hydroxylation is 1. The van der Waals surface area contributed by atoms with E-state index in [2.05, 4.69) is 35.9 Å². The van der Waals surface area contributed by atoms with Crippen LogP contribution >= 0.6 is 0 Å². The third-order valence-corrected chi connectivity index (χ3v) is 5.47. The highest BCUT2D eigenvalue weighted by Gasteiger charge is 2.14. The predicted octanol–water partition coefficient (Wildman–Crippen LogP) is 4.84. The lowest BCUT2D eigenvalue weighted by molar-refractivity contribution is -0.127. The summed E-state index contributed by atoms with van der Waals surface area (Å²) in [5.41, 5.74) is 4.48. The quantitative estimate of drug-likeness (QED) is 0.523. The fourth-order valence-corrected chi connectivity index (χ4v) is 3.77. The van der Waals surface area contributed by atoms with E-state index >= 15 is 0 Å². The highest BCUT2D eigenvalue weighted by atomic mass is 16.5. The van der Waals surface area contributed by atoms with Crippen LogP contribution in [0.4, 0.5) is 0 Å². The van der Waals surface area contributed by atoms with Gasteiger partial charge >= 0.3 is 5.97 Å². The number of carbonyl (C=O) groups excluding carboxylic acids is 1. The van der Waals surface area contributed by atoms with Crippen molar-refractivity contribution in [1.29, 1.82) is 0 Å². The van der Waals surface area contributed by atoms with Gasteiger partial charge in [-0.2, -0.15) is 0 Å². The smallest absolute Gasteiger partial charge is 0.335 e. The van der Waals surface area contributed by atoms with Crippen molar-refractivity contribution in [2.24, 2.45) is 0 Å². The van der Waals surface area contributed by atoms with E-state index in [1.165, 1.54) is 0 Å². The zero-order chi connectivity index (χ0) is 23.3. The first-order valence-corrected chi connectivity index (χ1v) is 10.7. The summed E-state index contributed by atoms with van der Waals surface area (Å²) in [5.74, 6) is -0.341. The van der Waals surface area contributed by atoms with Crippen LogP contribution in [0.15, 0.2) is 48.7 Å². The molecule has 6 nitrogen and oxygen atoms in total. The van der Waals surface area contributed by atoms with Gasteiger partial charge in [0.15, 0.2) is 0 Å². The zero-order valence-electron chi connectivity index (χ0n) is 19.1. The first-order valence-electron chi connectivity index (χ1n) is 10.7. The summed E-state index contributed by atoms with van der Waals surface area (Å²) in [6.45, 7) is 3.07. The summed E-state index contributed by atoms with van der Waals surface area (Å²) in [6, 6.07) is 11.3. The third-order valence-electron chi connectivity index (χ3n) is 5.47. The normalized spacial score (nSPS) is 11.2. The molecule has 0 bridgehead atoms. The number of ether oxygens (including phenoxy) is 1. The molecule has 168 valence electrons. The Kier molecular flexibility index (Phi) is 7.36. The number of nitrogens with zero attached hydrogens (tertiary/aromatic N) is 2.